The summed E-state index contributed by atoms with van der Waals surface area (Å²) in [6.45, 7) is 0. The molecule has 2 aromatic carbocycles. The number of pyridine rings is 1. The molecular formula is C16H9FN2O. The summed E-state index contributed by atoms with van der Waals surface area (Å²) in [6, 6.07) is 15.0. The second kappa shape index (κ2) is 4.98. The van der Waals surface area contributed by atoms with Gasteiger partial charge in [-0.15, -0.1) is 0 Å². The van der Waals surface area contributed by atoms with Gasteiger partial charge in [0.1, 0.15) is 23.4 Å². The van der Waals surface area contributed by atoms with Crippen molar-refractivity contribution in [3.63, 3.8) is 0 Å². The Hall–Kier alpha value is -2.93. The third-order valence-corrected chi connectivity index (χ3v) is 2.87. The lowest BCUT2D eigenvalue weighted by Gasteiger charge is -2.08. The molecule has 3 aromatic rings. The summed E-state index contributed by atoms with van der Waals surface area (Å²) in [6.07, 6.45) is 1.70. The molecule has 1 aromatic heterocycles. The van der Waals surface area contributed by atoms with E-state index in [1.807, 2.05) is 24.3 Å². The summed E-state index contributed by atoms with van der Waals surface area (Å²) in [4.78, 5) is 4.24. The second-order valence-electron chi connectivity index (χ2n) is 4.21. The largest absolute Gasteiger partial charge is 0.456 e. The van der Waals surface area contributed by atoms with Gasteiger partial charge in [-0.2, -0.15) is 5.26 Å². The van der Waals surface area contributed by atoms with Crippen LogP contribution in [0.4, 0.5) is 4.39 Å². The van der Waals surface area contributed by atoms with Crippen LogP contribution >= 0.6 is 0 Å². The van der Waals surface area contributed by atoms with Crippen molar-refractivity contribution in [3.05, 3.63) is 66.1 Å². The van der Waals surface area contributed by atoms with E-state index in [-0.39, 0.29) is 5.56 Å². The maximum atomic E-state index is 13.1. The molecule has 3 rings (SSSR count). The molecule has 0 fully saturated rings. The number of aromatic nitrogens is 1. The number of hydrogen-bond donors (Lipinski definition) is 0. The Kier molecular flexibility index (Phi) is 3.02. The molecule has 96 valence electrons. The molecule has 0 saturated heterocycles. The van der Waals surface area contributed by atoms with Gasteiger partial charge >= 0.3 is 0 Å². The Morgan fingerprint density at radius 2 is 2.00 bits per heavy atom. The van der Waals surface area contributed by atoms with Crippen molar-refractivity contribution in [3.8, 4) is 17.6 Å². The third-order valence-electron chi connectivity index (χ3n) is 2.87. The van der Waals surface area contributed by atoms with Gasteiger partial charge in [-0.25, -0.2) is 4.39 Å². The molecule has 0 saturated carbocycles. The van der Waals surface area contributed by atoms with Crippen molar-refractivity contribution in [2.45, 2.75) is 0 Å². The van der Waals surface area contributed by atoms with Gasteiger partial charge in [0.15, 0.2) is 0 Å². The summed E-state index contributed by atoms with van der Waals surface area (Å²) >= 11 is 0. The Bertz CT molecular complexity index is 824. The second-order valence-corrected chi connectivity index (χ2v) is 4.21. The van der Waals surface area contributed by atoms with Gasteiger partial charge in [-0.3, -0.25) is 4.98 Å². The SMILES string of the molecule is N#Cc1cc(F)ccc1Oc1ccc2cccnc2c1. The predicted molar refractivity (Wildman–Crippen MR) is 72.9 cm³/mol. The van der Waals surface area contributed by atoms with E-state index >= 15 is 0 Å². The lowest BCUT2D eigenvalue weighted by atomic mass is 10.2. The highest BCUT2D eigenvalue weighted by molar-refractivity contribution is 5.79. The van der Waals surface area contributed by atoms with E-state index in [4.69, 9.17) is 10.00 Å². The van der Waals surface area contributed by atoms with Gasteiger partial charge < -0.3 is 4.74 Å². The van der Waals surface area contributed by atoms with E-state index < -0.39 is 5.82 Å². The zero-order chi connectivity index (χ0) is 13.9. The van der Waals surface area contributed by atoms with Crippen LogP contribution in [0.2, 0.25) is 0 Å². The molecule has 3 nitrogen and oxygen atoms in total. The minimum atomic E-state index is -0.464. The maximum Gasteiger partial charge on any atom is 0.145 e. The first-order valence-corrected chi connectivity index (χ1v) is 5.98. The number of halogens is 1. The van der Waals surface area contributed by atoms with E-state index in [9.17, 15) is 4.39 Å². The van der Waals surface area contributed by atoms with Crippen molar-refractivity contribution >= 4 is 10.9 Å². The number of nitriles is 1. The monoisotopic (exact) mass is 264 g/mol. The van der Waals surface area contributed by atoms with Crippen molar-refractivity contribution in [1.82, 2.24) is 4.98 Å². The normalized spacial score (nSPS) is 10.2. The van der Waals surface area contributed by atoms with Crippen molar-refractivity contribution in [1.29, 1.82) is 5.26 Å². The summed E-state index contributed by atoms with van der Waals surface area (Å²) < 4.78 is 18.7. The molecular weight excluding hydrogens is 255 g/mol. The van der Waals surface area contributed by atoms with Crippen molar-refractivity contribution in [2.24, 2.45) is 0 Å². The van der Waals surface area contributed by atoms with Crippen LogP contribution < -0.4 is 4.74 Å². The van der Waals surface area contributed by atoms with Crippen LogP contribution in [-0.2, 0) is 0 Å². The average Bonchev–Trinajstić information content (AvgIpc) is 2.49. The number of benzene rings is 2. The Morgan fingerprint density at radius 1 is 1.10 bits per heavy atom. The minimum absolute atomic E-state index is 0.158. The highest BCUT2D eigenvalue weighted by Crippen LogP contribution is 2.27. The Morgan fingerprint density at radius 3 is 2.85 bits per heavy atom. The fourth-order valence-electron chi connectivity index (χ4n) is 1.92. The molecule has 0 aliphatic heterocycles. The van der Waals surface area contributed by atoms with Crippen LogP contribution in [0.15, 0.2) is 54.7 Å². The van der Waals surface area contributed by atoms with Crippen LogP contribution in [0, 0.1) is 17.1 Å². The minimum Gasteiger partial charge on any atom is -0.456 e. The van der Waals surface area contributed by atoms with Gasteiger partial charge in [0.2, 0.25) is 0 Å². The Balaban J connectivity index is 1.99. The molecule has 0 unspecified atom stereocenters. The van der Waals surface area contributed by atoms with Gasteiger partial charge in [0.05, 0.1) is 11.1 Å². The fourth-order valence-corrected chi connectivity index (χ4v) is 1.92. The van der Waals surface area contributed by atoms with Crippen LogP contribution in [0.25, 0.3) is 10.9 Å². The molecule has 4 heteroatoms. The standard InChI is InChI=1S/C16H9FN2O/c17-13-4-6-16(12(8-13)10-18)20-14-5-3-11-2-1-7-19-15(11)9-14/h1-9H. The van der Waals surface area contributed by atoms with Crippen LogP contribution in [-0.4, -0.2) is 4.98 Å². The quantitative estimate of drug-likeness (QED) is 0.701. The molecule has 0 amide bonds. The van der Waals surface area contributed by atoms with Crippen LogP contribution in [0.1, 0.15) is 5.56 Å². The maximum absolute atomic E-state index is 13.1. The first-order chi connectivity index (χ1) is 9.76. The zero-order valence-electron chi connectivity index (χ0n) is 10.4. The number of rotatable bonds is 2. The molecule has 0 aliphatic rings. The topological polar surface area (TPSA) is 45.9 Å². The highest BCUT2D eigenvalue weighted by Gasteiger charge is 2.07. The molecule has 20 heavy (non-hydrogen) atoms. The number of ether oxygens (including phenoxy) is 1. The molecule has 0 N–H and O–H groups in total. The van der Waals surface area contributed by atoms with Crippen molar-refractivity contribution < 1.29 is 9.13 Å². The summed E-state index contributed by atoms with van der Waals surface area (Å²) in [7, 11) is 0. The first kappa shape index (κ1) is 12.1. The van der Waals surface area contributed by atoms with Gasteiger partial charge in [-0.05, 0) is 36.4 Å². The number of fused-ring (bicyclic) bond motifs is 1. The lowest BCUT2D eigenvalue weighted by Crippen LogP contribution is -1.90. The summed E-state index contributed by atoms with van der Waals surface area (Å²) in [5.41, 5.74) is 0.955. The molecule has 0 aliphatic carbocycles. The molecule has 1 heterocycles. The Labute approximate surface area is 114 Å². The molecule has 0 radical (unpaired) electrons. The zero-order valence-corrected chi connectivity index (χ0v) is 10.4. The van der Waals surface area contributed by atoms with E-state index in [0.717, 1.165) is 17.0 Å². The van der Waals surface area contributed by atoms with E-state index in [0.29, 0.717) is 11.5 Å². The van der Waals surface area contributed by atoms with E-state index in [1.165, 1.54) is 12.1 Å². The smallest absolute Gasteiger partial charge is 0.145 e. The molecule has 0 spiro atoms. The van der Waals surface area contributed by atoms with E-state index in [1.54, 1.807) is 18.3 Å². The average molecular weight is 264 g/mol. The first-order valence-electron chi connectivity index (χ1n) is 5.98. The van der Waals surface area contributed by atoms with Crippen LogP contribution in [0.5, 0.6) is 11.5 Å². The lowest BCUT2D eigenvalue weighted by molar-refractivity contribution is 0.479. The van der Waals surface area contributed by atoms with Crippen molar-refractivity contribution in [2.75, 3.05) is 0 Å². The van der Waals surface area contributed by atoms with Crippen LogP contribution in [0.3, 0.4) is 0 Å². The third kappa shape index (κ3) is 2.29. The molecule has 0 bridgehead atoms. The predicted octanol–water partition coefficient (Wildman–Crippen LogP) is 4.04. The van der Waals surface area contributed by atoms with Gasteiger partial charge in [0.25, 0.3) is 0 Å². The summed E-state index contributed by atoms with van der Waals surface area (Å²) in [5.74, 6) is 0.414. The fraction of sp³-hybridized carbons (Fsp3) is 0. The van der Waals surface area contributed by atoms with Gasteiger partial charge in [-0.1, -0.05) is 6.07 Å². The number of nitrogens with zero attached hydrogens (tertiary/aromatic N) is 2. The highest BCUT2D eigenvalue weighted by atomic mass is 19.1. The summed E-state index contributed by atoms with van der Waals surface area (Å²) in [5, 5.41) is 9.98. The number of hydrogen-bond acceptors (Lipinski definition) is 3. The van der Waals surface area contributed by atoms with Gasteiger partial charge in [0, 0.05) is 17.6 Å². The van der Waals surface area contributed by atoms with E-state index in [2.05, 4.69) is 4.98 Å². The molecule has 0 atom stereocenters.